The number of hydrogen-bond acceptors (Lipinski definition) is 5. The molecule has 0 aromatic carbocycles. The van der Waals surface area contributed by atoms with Crippen LogP contribution in [0.3, 0.4) is 0 Å². The number of hydrogen-bond donors (Lipinski definition) is 1. The summed E-state index contributed by atoms with van der Waals surface area (Å²) in [7, 11) is -3.56. The van der Waals surface area contributed by atoms with Crippen molar-refractivity contribution in [3.8, 4) is 0 Å². The Balaban J connectivity index is 2.31. The van der Waals surface area contributed by atoms with Gasteiger partial charge in [0.15, 0.2) is 0 Å². The van der Waals surface area contributed by atoms with Crippen molar-refractivity contribution in [2.75, 3.05) is 25.0 Å². The second-order valence-corrected chi connectivity index (χ2v) is 7.28. The molecule has 0 saturated carbocycles. The Hall–Kier alpha value is -1.18. The fraction of sp³-hybridized carbons (Fsp3) is 0.643. The standard InChI is InChI=1S/C14H23N3O3S/c1-4-6-16-13-5-7-15-8-14(13)21(18,19)17-9-11(2)20-12(3)10-17/h5,7-8,11-12H,4,6,9-10H2,1-3H3,(H,15,16)/t11-,12+. The Kier molecular flexibility index (Phi) is 5.18. The molecule has 1 fully saturated rings. The van der Waals surface area contributed by atoms with Crippen LogP contribution < -0.4 is 5.32 Å². The zero-order valence-electron chi connectivity index (χ0n) is 12.7. The highest BCUT2D eigenvalue weighted by molar-refractivity contribution is 7.89. The van der Waals surface area contributed by atoms with Gasteiger partial charge in [0.1, 0.15) is 4.90 Å². The smallest absolute Gasteiger partial charge is 0.246 e. The largest absolute Gasteiger partial charge is 0.384 e. The molecule has 2 rings (SSSR count). The molecule has 1 aliphatic heterocycles. The summed E-state index contributed by atoms with van der Waals surface area (Å²) < 4.78 is 32.8. The van der Waals surface area contributed by atoms with Crippen LogP contribution in [0.2, 0.25) is 0 Å². The van der Waals surface area contributed by atoms with E-state index in [1.54, 1.807) is 12.3 Å². The second-order valence-electron chi connectivity index (χ2n) is 5.38. The average molecular weight is 313 g/mol. The van der Waals surface area contributed by atoms with Crippen LogP contribution in [-0.4, -0.2) is 49.5 Å². The molecule has 118 valence electrons. The van der Waals surface area contributed by atoms with Crippen LogP contribution in [0.4, 0.5) is 5.69 Å². The van der Waals surface area contributed by atoms with Crippen LogP contribution in [0.15, 0.2) is 23.4 Å². The van der Waals surface area contributed by atoms with Crippen LogP contribution in [0.5, 0.6) is 0 Å². The van der Waals surface area contributed by atoms with Gasteiger partial charge in [-0.1, -0.05) is 6.92 Å². The van der Waals surface area contributed by atoms with Crippen molar-refractivity contribution in [1.82, 2.24) is 9.29 Å². The Morgan fingerprint density at radius 2 is 2.05 bits per heavy atom. The molecule has 21 heavy (non-hydrogen) atoms. The van der Waals surface area contributed by atoms with Crippen LogP contribution in [0, 0.1) is 0 Å². The maximum Gasteiger partial charge on any atom is 0.246 e. The second kappa shape index (κ2) is 6.72. The molecule has 1 saturated heterocycles. The van der Waals surface area contributed by atoms with Crippen molar-refractivity contribution in [1.29, 1.82) is 0 Å². The average Bonchev–Trinajstić information content (AvgIpc) is 2.44. The van der Waals surface area contributed by atoms with E-state index >= 15 is 0 Å². The topological polar surface area (TPSA) is 71.5 Å². The number of morpholine rings is 1. The van der Waals surface area contributed by atoms with Crippen LogP contribution in [0.1, 0.15) is 27.2 Å². The molecule has 0 radical (unpaired) electrons. The molecule has 1 aromatic rings. The van der Waals surface area contributed by atoms with Gasteiger partial charge in [-0.2, -0.15) is 4.31 Å². The first-order valence-electron chi connectivity index (χ1n) is 7.28. The molecule has 0 aliphatic carbocycles. The summed E-state index contributed by atoms with van der Waals surface area (Å²) in [4.78, 5) is 4.21. The summed E-state index contributed by atoms with van der Waals surface area (Å²) >= 11 is 0. The normalized spacial score (nSPS) is 24.0. The summed E-state index contributed by atoms with van der Waals surface area (Å²) in [5.74, 6) is 0. The molecule has 1 aromatic heterocycles. The highest BCUT2D eigenvalue weighted by Gasteiger charge is 2.33. The van der Waals surface area contributed by atoms with Gasteiger partial charge >= 0.3 is 0 Å². The van der Waals surface area contributed by atoms with E-state index < -0.39 is 10.0 Å². The van der Waals surface area contributed by atoms with E-state index in [9.17, 15) is 8.42 Å². The van der Waals surface area contributed by atoms with Gasteiger partial charge in [-0.05, 0) is 26.3 Å². The number of ether oxygens (including phenoxy) is 1. The van der Waals surface area contributed by atoms with Crippen LogP contribution in [0.25, 0.3) is 0 Å². The molecule has 0 unspecified atom stereocenters. The van der Waals surface area contributed by atoms with Gasteiger partial charge in [-0.15, -0.1) is 0 Å². The van der Waals surface area contributed by atoms with Crippen molar-refractivity contribution in [3.05, 3.63) is 18.5 Å². The number of aromatic nitrogens is 1. The first-order valence-corrected chi connectivity index (χ1v) is 8.72. The van der Waals surface area contributed by atoms with E-state index in [1.807, 2.05) is 20.8 Å². The Morgan fingerprint density at radius 1 is 1.38 bits per heavy atom. The van der Waals surface area contributed by atoms with E-state index in [2.05, 4.69) is 10.3 Å². The zero-order valence-corrected chi connectivity index (χ0v) is 13.6. The molecule has 0 spiro atoms. The summed E-state index contributed by atoms with van der Waals surface area (Å²) in [5, 5.41) is 3.15. The van der Waals surface area contributed by atoms with E-state index in [1.165, 1.54) is 10.5 Å². The number of nitrogens with zero attached hydrogens (tertiary/aromatic N) is 2. The Labute approximate surface area is 126 Å². The van der Waals surface area contributed by atoms with E-state index in [-0.39, 0.29) is 17.1 Å². The van der Waals surface area contributed by atoms with Crippen LogP contribution in [-0.2, 0) is 14.8 Å². The monoisotopic (exact) mass is 313 g/mol. The highest BCUT2D eigenvalue weighted by Crippen LogP contribution is 2.26. The Morgan fingerprint density at radius 3 is 2.67 bits per heavy atom. The molecular weight excluding hydrogens is 290 g/mol. The van der Waals surface area contributed by atoms with Gasteiger partial charge in [0.2, 0.25) is 10.0 Å². The molecule has 0 bridgehead atoms. The van der Waals surface area contributed by atoms with E-state index in [0.717, 1.165) is 13.0 Å². The lowest BCUT2D eigenvalue weighted by molar-refractivity contribution is -0.0440. The van der Waals surface area contributed by atoms with Crippen molar-refractivity contribution >= 4 is 15.7 Å². The number of anilines is 1. The zero-order chi connectivity index (χ0) is 15.5. The fourth-order valence-electron chi connectivity index (χ4n) is 2.46. The quantitative estimate of drug-likeness (QED) is 0.896. The summed E-state index contributed by atoms with van der Waals surface area (Å²) in [5.41, 5.74) is 0.610. The maximum atomic E-state index is 12.9. The van der Waals surface area contributed by atoms with Crippen molar-refractivity contribution in [3.63, 3.8) is 0 Å². The predicted molar refractivity (Wildman–Crippen MR) is 81.8 cm³/mol. The van der Waals surface area contributed by atoms with Gasteiger partial charge in [0.05, 0.1) is 17.9 Å². The molecule has 2 atom stereocenters. The minimum atomic E-state index is -3.56. The summed E-state index contributed by atoms with van der Waals surface area (Å²) in [6.07, 6.45) is 3.73. The molecule has 7 heteroatoms. The summed E-state index contributed by atoms with van der Waals surface area (Å²) in [6.45, 7) is 7.27. The van der Waals surface area contributed by atoms with Crippen LogP contribution >= 0.6 is 0 Å². The third kappa shape index (κ3) is 3.72. The highest BCUT2D eigenvalue weighted by atomic mass is 32.2. The lowest BCUT2D eigenvalue weighted by Crippen LogP contribution is -2.48. The van der Waals surface area contributed by atoms with Crippen molar-refractivity contribution < 1.29 is 13.2 Å². The van der Waals surface area contributed by atoms with E-state index in [4.69, 9.17) is 4.74 Å². The van der Waals surface area contributed by atoms with Gasteiger partial charge in [-0.3, -0.25) is 4.98 Å². The van der Waals surface area contributed by atoms with Gasteiger partial charge < -0.3 is 10.1 Å². The number of nitrogens with one attached hydrogen (secondary N) is 1. The first kappa shape index (κ1) is 16.2. The lowest BCUT2D eigenvalue weighted by Gasteiger charge is -2.34. The van der Waals surface area contributed by atoms with Gasteiger partial charge in [-0.25, -0.2) is 8.42 Å². The van der Waals surface area contributed by atoms with Gasteiger partial charge in [0.25, 0.3) is 0 Å². The number of sulfonamides is 1. The SMILES string of the molecule is CCCNc1ccncc1S(=O)(=O)N1C[C@@H](C)O[C@@H](C)C1. The van der Waals surface area contributed by atoms with Crippen molar-refractivity contribution in [2.24, 2.45) is 0 Å². The first-order chi connectivity index (χ1) is 9.95. The number of rotatable bonds is 5. The molecule has 1 N–H and O–H groups in total. The Bertz CT molecular complexity index is 567. The molecule has 2 heterocycles. The minimum Gasteiger partial charge on any atom is -0.384 e. The van der Waals surface area contributed by atoms with E-state index in [0.29, 0.717) is 18.8 Å². The fourth-order valence-corrected chi connectivity index (χ4v) is 4.16. The minimum absolute atomic E-state index is 0.104. The predicted octanol–water partition coefficient (Wildman–Crippen LogP) is 1.70. The molecular formula is C14H23N3O3S. The molecule has 6 nitrogen and oxygen atoms in total. The third-order valence-corrected chi connectivity index (χ3v) is 5.21. The molecule has 1 aliphatic rings. The molecule has 0 amide bonds. The summed E-state index contributed by atoms with van der Waals surface area (Å²) in [6, 6.07) is 1.70. The lowest BCUT2D eigenvalue weighted by atomic mass is 10.3. The third-order valence-electron chi connectivity index (χ3n) is 3.35. The maximum absolute atomic E-state index is 12.9. The number of pyridine rings is 1. The van der Waals surface area contributed by atoms with Crippen molar-refractivity contribution in [2.45, 2.75) is 44.3 Å². The van der Waals surface area contributed by atoms with Gasteiger partial charge in [0, 0.05) is 32.0 Å².